The standard InChI is InChI=1S/C12H21N3S/c1-10(2)7-15-8-12(6-13-15)14-11-4-3-5-16-9-11/h6,8,10-11,14H,3-5,7,9H2,1-2H3. The smallest absolute Gasteiger partial charge is 0.0728 e. The molecule has 1 unspecified atom stereocenters. The van der Waals surface area contributed by atoms with Crippen molar-refractivity contribution in [1.82, 2.24) is 9.78 Å². The first-order valence-electron chi connectivity index (χ1n) is 6.11. The Labute approximate surface area is 102 Å². The minimum Gasteiger partial charge on any atom is -0.379 e. The van der Waals surface area contributed by atoms with Crippen LogP contribution >= 0.6 is 11.8 Å². The van der Waals surface area contributed by atoms with Crippen molar-refractivity contribution in [3.8, 4) is 0 Å². The van der Waals surface area contributed by atoms with E-state index in [0.29, 0.717) is 12.0 Å². The van der Waals surface area contributed by atoms with Gasteiger partial charge in [0.1, 0.15) is 0 Å². The Morgan fingerprint density at radius 2 is 2.50 bits per heavy atom. The van der Waals surface area contributed by atoms with Gasteiger partial charge in [-0.3, -0.25) is 4.68 Å². The lowest BCUT2D eigenvalue weighted by Gasteiger charge is -2.22. The second-order valence-corrected chi connectivity index (χ2v) is 6.05. The summed E-state index contributed by atoms with van der Waals surface area (Å²) < 4.78 is 2.03. The van der Waals surface area contributed by atoms with E-state index in [9.17, 15) is 0 Å². The Bertz CT molecular complexity index is 316. The van der Waals surface area contributed by atoms with E-state index in [1.165, 1.54) is 30.0 Å². The largest absolute Gasteiger partial charge is 0.379 e. The van der Waals surface area contributed by atoms with E-state index >= 15 is 0 Å². The maximum atomic E-state index is 4.37. The van der Waals surface area contributed by atoms with E-state index in [2.05, 4.69) is 42.2 Å². The average molecular weight is 239 g/mol. The second-order valence-electron chi connectivity index (χ2n) is 4.90. The van der Waals surface area contributed by atoms with Gasteiger partial charge in [0, 0.05) is 24.5 Å². The van der Waals surface area contributed by atoms with Gasteiger partial charge in [-0.05, 0) is 24.5 Å². The molecule has 1 aliphatic rings. The topological polar surface area (TPSA) is 29.9 Å². The molecule has 1 saturated heterocycles. The Balaban J connectivity index is 1.86. The van der Waals surface area contributed by atoms with Gasteiger partial charge < -0.3 is 5.32 Å². The highest BCUT2D eigenvalue weighted by Gasteiger charge is 2.13. The molecule has 0 amide bonds. The summed E-state index contributed by atoms with van der Waals surface area (Å²) in [4.78, 5) is 0. The first kappa shape index (κ1) is 11.8. The maximum absolute atomic E-state index is 4.37. The van der Waals surface area contributed by atoms with Crippen molar-refractivity contribution in [1.29, 1.82) is 0 Å². The van der Waals surface area contributed by atoms with E-state index in [1.54, 1.807) is 0 Å². The predicted octanol–water partition coefficient (Wildman–Crippen LogP) is 2.85. The molecule has 3 nitrogen and oxygen atoms in total. The lowest BCUT2D eigenvalue weighted by molar-refractivity contribution is 0.483. The first-order valence-corrected chi connectivity index (χ1v) is 7.26. The molecule has 0 aliphatic carbocycles. The SMILES string of the molecule is CC(C)Cn1cc(NC2CCCSC2)cn1. The lowest BCUT2D eigenvalue weighted by Crippen LogP contribution is -2.25. The van der Waals surface area contributed by atoms with Gasteiger partial charge in [0.15, 0.2) is 0 Å². The summed E-state index contributed by atoms with van der Waals surface area (Å²) in [6.07, 6.45) is 6.70. The molecule has 1 N–H and O–H groups in total. The van der Waals surface area contributed by atoms with Crippen LogP contribution in [0.4, 0.5) is 5.69 Å². The van der Waals surface area contributed by atoms with Crippen molar-refractivity contribution in [2.45, 2.75) is 39.3 Å². The normalized spacial score (nSPS) is 21.3. The van der Waals surface area contributed by atoms with E-state index in [0.717, 1.165) is 6.54 Å². The van der Waals surface area contributed by atoms with Crippen LogP contribution in [0.2, 0.25) is 0 Å². The molecule has 2 rings (SSSR count). The molecular formula is C12H21N3S. The van der Waals surface area contributed by atoms with Crippen LogP contribution in [0.25, 0.3) is 0 Å². The predicted molar refractivity (Wildman–Crippen MR) is 71.0 cm³/mol. The zero-order chi connectivity index (χ0) is 11.4. The van der Waals surface area contributed by atoms with Gasteiger partial charge in [-0.2, -0.15) is 16.9 Å². The fourth-order valence-electron chi connectivity index (χ4n) is 2.00. The summed E-state index contributed by atoms with van der Waals surface area (Å²) >= 11 is 2.05. The van der Waals surface area contributed by atoms with Gasteiger partial charge in [-0.1, -0.05) is 13.8 Å². The fourth-order valence-corrected chi connectivity index (χ4v) is 3.07. The summed E-state index contributed by atoms with van der Waals surface area (Å²) in [5.74, 6) is 3.21. The van der Waals surface area contributed by atoms with Crippen molar-refractivity contribution in [3.63, 3.8) is 0 Å². The number of nitrogens with zero attached hydrogens (tertiary/aromatic N) is 2. The molecule has 90 valence electrons. The van der Waals surface area contributed by atoms with Crippen molar-refractivity contribution in [2.24, 2.45) is 5.92 Å². The molecule has 1 aromatic heterocycles. The molecular weight excluding hydrogens is 218 g/mol. The van der Waals surface area contributed by atoms with Crippen LogP contribution in [0.3, 0.4) is 0 Å². The van der Waals surface area contributed by atoms with Gasteiger partial charge in [0.2, 0.25) is 0 Å². The number of hydrogen-bond acceptors (Lipinski definition) is 3. The Morgan fingerprint density at radius 3 is 3.19 bits per heavy atom. The summed E-state index contributed by atoms with van der Waals surface area (Å²) in [7, 11) is 0. The minimum absolute atomic E-state index is 0.635. The number of nitrogens with one attached hydrogen (secondary N) is 1. The van der Waals surface area contributed by atoms with Crippen molar-refractivity contribution < 1.29 is 0 Å². The quantitative estimate of drug-likeness (QED) is 0.876. The Hall–Kier alpha value is -0.640. The summed E-state index contributed by atoms with van der Waals surface area (Å²) in [5, 5.41) is 7.94. The molecule has 0 bridgehead atoms. The van der Waals surface area contributed by atoms with E-state index in [4.69, 9.17) is 0 Å². The highest BCUT2D eigenvalue weighted by Crippen LogP contribution is 2.20. The van der Waals surface area contributed by atoms with Crippen LogP contribution in [0.15, 0.2) is 12.4 Å². The summed E-state index contributed by atoms with van der Waals surface area (Å²) in [5.41, 5.74) is 1.17. The van der Waals surface area contributed by atoms with Crippen molar-refractivity contribution in [2.75, 3.05) is 16.8 Å². The molecule has 1 atom stereocenters. The Kier molecular flexibility index (Phi) is 4.16. The van der Waals surface area contributed by atoms with Gasteiger partial charge in [-0.15, -0.1) is 0 Å². The van der Waals surface area contributed by atoms with Crippen molar-refractivity contribution in [3.05, 3.63) is 12.4 Å². The van der Waals surface area contributed by atoms with Crippen LogP contribution < -0.4 is 5.32 Å². The number of rotatable bonds is 4. The zero-order valence-corrected chi connectivity index (χ0v) is 11.0. The van der Waals surface area contributed by atoms with Crippen LogP contribution in [0, 0.1) is 5.92 Å². The monoisotopic (exact) mass is 239 g/mol. The first-order chi connectivity index (χ1) is 7.74. The summed E-state index contributed by atoms with van der Waals surface area (Å²) in [6, 6.07) is 0.635. The molecule has 0 aromatic carbocycles. The number of aromatic nitrogens is 2. The third kappa shape index (κ3) is 3.44. The molecule has 0 spiro atoms. The lowest BCUT2D eigenvalue weighted by atomic mass is 10.2. The van der Waals surface area contributed by atoms with Crippen LogP contribution in [0.5, 0.6) is 0 Å². The van der Waals surface area contributed by atoms with E-state index in [1.807, 2.05) is 10.9 Å². The number of thioether (sulfide) groups is 1. The van der Waals surface area contributed by atoms with Gasteiger partial charge in [-0.25, -0.2) is 0 Å². The van der Waals surface area contributed by atoms with Crippen LogP contribution in [-0.4, -0.2) is 27.3 Å². The van der Waals surface area contributed by atoms with Gasteiger partial charge in [0.25, 0.3) is 0 Å². The third-order valence-corrected chi connectivity index (χ3v) is 3.93. The second kappa shape index (κ2) is 5.62. The highest BCUT2D eigenvalue weighted by molar-refractivity contribution is 7.99. The molecule has 2 heterocycles. The molecule has 0 radical (unpaired) electrons. The molecule has 16 heavy (non-hydrogen) atoms. The molecule has 4 heteroatoms. The molecule has 1 aliphatic heterocycles. The number of anilines is 1. The highest BCUT2D eigenvalue weighted by atomic mass is 32.2. The minimum atomic E-state index is 0.635. The average Bonchev–Trinajstić information content (AvgIpc) is 2.66. The maximum Gasteiger partial charge on any atom is 0.0728 e. The van der Waals surface area contributed by atoms with E-state index < -0.39 is 0 Å². The van der Waals surface area contributed by atoms with Gasteiger partial charge >= 0.3 is 0 Å². The van der Waals surface area contributed by atoms with E-state index in [-0.39, 0.29) is 0 Å². The molecule has 1 aromatic rings. The third-order valence-electron chi connectivity index (χ3n) is 2.72. The molecule has 1 fully saturated rings. The fraction of sp³-hybridized carbons (Fsp3) is 0.750. The molecule has 0 saturated carbocycles. The zero-order valence-electron chi connectivity index (χ0n) is 10.1. The van der Waals surface area contributed by atoms with Crippen LogP contribution in [-0.2, 0) is 6.54 Å². The number of hydrogen-bond donors (Lipinski definition) is 1. The summed E-state index contributed by atoms with van der Waals surface area (Å²) in [6.45, 7) is 5.43. The van der Waals surface area contributed by atoms with Gasteiger partial charge in [0.05, 0.1) is 11.9 Å². The van der Waals surface area contributed by atoms with Crippen molar-refractivity contribution >= 4 is 17.4 Å². The Morgan fingerprint density at radius 1 is 1.62 bits per heavy atom. The van der Waals surface area contributed by atoms with Crippen LogP contribution in [0.1, 0.15) is 26.7 Å².